The lowest BCUT2D eigenvalue weighted by Gasteiger charge is -2.16. The van der Waals surface area contributed by atoms with Crippen molar-refractivity contribution in [3.05, 3.63) is 74.0 Å². The van der Waals surface area contributed by atoms with Gasteiger partial charge in [0.2, 0.25) is 0 Å². The number of pyridine rings is 1. The maximum atomic E-state index is 13.1. The van der Waals surface area contributed by atoms with Gasteiger partial charge >= 0.3 is 6.18 Å². The molecule has 11 heteroatoms. The second-order valence-corrected chi connectivity index (χ2v) is 8.70. The number of hydrazine groups is 1. The van der Waals surface area contributed by atoms with Crippen molar-refractivity contribution in [1.29, 1.82) is 0 Å². The van der Waals surface area contributed by atoms with Gasteiger partial charge in [-0.2, -0.15) is 13.2 Å². The van der Waals surface area contributed by atoms with E-state index in [1.165, 1.54) is 0 Å². The van der Waals surface area contributed by atoms with Crippen LogP contribution in [0, 0.1) is 13.8 Å². The molecule has 1 heterocycles. The minimum atomic E-state index is -4.21. The third-order valence-corrected chi connectivity index (χ3v) is 6.20. The summed E-state index contributed by atoms with van der Waals surface area (Å²) in [5.41, 5.74) is 12.4. The molecule has 0 radical (unpaired) electrons. The Morgan fingerprint density at radius 1 is 1.11 bits per heavy atom. The van der Waals surface area contributed by atoms with E-state index in [0.29, 0.717) is 27.0 Å². The predicted molar refractivity (Wildman–Crippen MR) is 134 cm³/mol. The summed E-state index contributed by atoms with van der Waals surface area (Å²) in [4.78, 5) is 16.0. The zero-order valence-corrected chi connectivity index (χ0v) is 20.7. The van der Waals surface area contributed by atoms with Gasteiger partial charge in [0.15, 0.2) is 5.84 Å². The first kappa shape index (κ1) is 26.3. The molecule has 0 unspecified atom stereocenters. The SMILES string of the molecule is Cc1ccc(-c2c(Br)c(-c3ccc(OCCCC(F)(F)F)cc3)[nH]c(=O)c2/C(N)=N/NN)cc1C. The van der Waals surface area contributed by atoms with Gasteiger partial charge in [-0.3, -0.25) is 4.79 Å². The Bertz CT molecular complexity index is 1290. The molecule has 0 bridgehead atoms. The van der Waals surface area contributed by atoms with Crippen molar-refractivity contribution < 1.29 is 17.9 Å². The zero-order valence-electron chi connectivity index (χ0n) is 19.1. The monoisotopic (exact) mass is 551 g/mol. The van der Waals surface area contributed by atoms with Gasteiger partial charge in [0, 0.05) is 12.0 Å². The number of hydrogen-bond acceptors (Lipinski definition) is 5. The standard InChI is InChI=1S/C24H25BrF3N5O2/c1-13-4-5-16(12-14(13)2)18-19(22(29)32-33-30)23(34)31-21(20(18)25)15-6-8-17(9-7-15)35-11-3-10-24(26,27)28/h4-9,12,33H,3,10-11,30H2,1-2H3,(H2,29,32)(H,31,34). The van der Waals surface area contributed by atoms with E-state index in [9.17, 15) is 18.0 Å². The first-order valence-electron chi connectivity index (χ1n) is 10.6. The number of halogens is 4. The highest BCUT2D eigenvalue weighted by molar-refractivity contribution is 9.10. The molecular formula is C24H25BrF3N5O2. The molecular weight excluding hydrogens is 527 g/mol. The Hall–Kier alpha value is -3.31. The van der Waals surface area contributed by atoms with Gasteiger partial charge in [-0.25, -0.2) is 11.4 Å². The van der Waals surface area contributed by atoms with Gasteiger partial charge in [0.25, 0.3) is 5.56 Å². The molecule has 0 aliphatic heterocycles. The summed E-state index contributed by atoms with van der Waals surface area (Å²) in [5, 5.41) is 3.78. The number of aryl methyl sites for hydroxylation is 2. The van der Waals surface area contributed by atoms with Crippen molar-refractivity contribution in [3.8, 4) is 28.1 Å². The Labute approximate surface area is 208 Å². The van der Waals surface area contributed by atoms with Crippen molar-refractivity contribution in [1.82, 2.24) is 10.5 Å². The number of aromatic nitrogens is 1. The predicted octanol–water partition coefficient (Wildman–Crippen LogP) is 4.89. The van der Waals surface area contributed by atoms with Crippen molar-refractivity contribution in [2.75, 3.05) is 6.61 Å². The fraction of sp³-hybridized carbons (Fsp3) is 0.250. The van der Waals surface area contributed by atoms with Crippen LogP contribution in [0.3, 0.4) is 0 Å². The van der Waals surface area contributed by atoms with Crippen LogP contribution in [0.25, 0.3) is 22.4 Å². The first-order chi connectivity index (χ1) is 16.5. The van der Waals surface area contributed by atoms with Crippen LogP contribution in [-0.4, -0.2) is 23.6 Å². The summed E-state index contributed by atoms with van der Waals surface area (Å²) in [6.07, 6.45) is -5.25. The number of hydrazone groups is 1. The lowest BCUT2D eigenvalue weighted by molar-refractivity contribution is -0.136. The van der Waals surface area contributed by atoms with Gasteiger partial charge in [-0.15, -0.1) is 5.10 Å². The maximum Gasteiger partial charge on any atom is 0.389 e. The van der Waals surface area contributed by atoms with Crippen LogP contribution >= 0.6 is 15.9 Å². The molecule has 0 aliphatic carbocycles. The van der Waals surface area contributed by atoms with Crippen molar-refractivity contribution in [2.24, 2.45) is 16.7 Å². The lowest BCUT2D eigenvalue weighted by Crippen LogP contribution is -2.30. The Morgan fingerprint density at radius 2 is 1.77 bits per heavy atom. The molecule has 2 aromatic carbocycles. The number of hydrogen-bond donors (Lipinski definition) is 4. The second kappa shape index (κ2) is 11.0. The Kier molecular flexibility index (Phi) is 8.23. The van der Waals surface area contributed by atoms with Crippen LogP contribution in [0.2, 0.25) is 0 Å². The summed E-state index contributed by atoms with van der Waals surface area (Å²) in [5.74, 6) is 5.61. The van der Waals surface area contributed by atoms with Crippen LogP contribution in [0.1, 0.15) is 29.5 Å². The summed E-state index contributed by atoms with van der Waals surface area (Å²) < 4.78 is 42.9. The third kappa shape index (κ3) is 6.43. The summed E-state index contributed by atoms with van der Waals surface area (Å²) >= 11 is 3.62. The summed E-state index contributed by atoms with van der Waals surface area (Å²) in [6, 6.07) is 12.5. The number of nitrogens with one attached hydrogen (secondary N) is 2. The minimum Gasteiger partial charge on any atom is -0.494 e. The molecule has 0 aliphatic rings. The van der Waals surface area contributed by atoms with E-state index in [1.807, 2.05) is 32.0 Å². The van der Waals surface area contributed by atoms with Gasteiger partial charge in [0.1, 0.15) is 5.75 Å². The highest BCUT2D eigenvalue weighted by atomic mass is 79.9. The number of alkyl halides is 3. The second-order valence-electron chi connectivity index (χ2n) is 7.91. The molecule has 1 aromatic heterocycles. The summed E-state index contributed by atoms with van der Waals surface area (Å²) in [7, 11) is 0. The molecule has 6 N–H and O–H groups in total. The average Bonchev–Trinajstić information content (AvgIpc) is 2.79. The van der Waals surface area contributed by atoms with Gasteiger partial charge < -0.3 is 15.5 Å². The number of ether oxygens (including phenoxy) is 1. The molecule has 7 nitrogen and oxygen atoms in total. The molecule has 186 valence electrons. The van der Waals surface area contributed by atoms with E-state index < -0.39 is 18.2 Å². The fourth-order valence-electron chi connectivity index (χ4n) is 3.50. The number of aromatic amines is 1. The fourth-order valence-corrected chi connectivity index (χ4v) is 4.25. The molecule has 0 spiro atoms. The third-order valence-electron chi connectivity index (χ3n) is 5.41. The van der Waals surface area contributed by atoms with Gasteiger partial charge in [-0.1, -0.05) is 18.2 Å². The molecule has 35 heavy (non-hydrogen) atoms. The highest BCUT2D eigenvalue weighted by Crippen LogP contribution is 2.37. The molecule has 0 fully saturated rings. The van der Waals surface area contributed by atoms with Crippen molar-refractivity contribution in [3.63, 3.8) is 0 Å². The molecule has 3 rings (SSSR count). The maximum absolute atomic E-state index is 13.1. The van der Waals surface area contributed by atoms with E-state index in [1.54, 1.807) is 24.3 Å². The van der Waals surface area contributed by atoms with Crippen molar-refractivity contribution >= 4 is 21.8 Å². The normalized spacial score (nSPS) is 12.0. The molecule has 0 amide bonds. The van der Waals surface area contributed by atoms with Gasteiger partial charge in [-0.05, 0) is 82.7 Å². The van der Waals surface area contributed by atoms with E-state index in [2.05, 4.69) is 31.6 Å². The summed E-state index contributed by atoms with van der Waals surface area (Å²) in [6.45, 7) is 3.89. The van der Waals surface area contributed by atoms with Crippen LogP contribution < -0.4 is 27.4 Å². The molecule has 3 aromatic rings. The molecule has 0 atom stereocenters. The lowest BCUT2D eigenvalue weighted by atomic mass is 9.95. The van der Waals surface area contributed by atoms with Crippen LogP contribution in [0.4, 0.5) is 13.2 Å². The highest BCUT2D eigenvalue weighted by Gasteiger charge is 2.26. The van der Waals surface area contributed by atoms with Crippen LogP contribution in [0.5, 0.6) is 5.75 Å². The number of benzene rings is 2. The van der Waals surface area contributed by atoms with E-state index in [0.717, 1.165) is 16.7 Å². The topological polar surface area (TPSA) is 119 Å². The largest absolute Gasteiger partial charge is 0.494 e. The van der Waals surface area contributed by atoms with E-state index in [4.69, 9.17) is 16.3 Å². The number of H-pyrrole nitrogens is 1. The zero-order chi connectivity index (χ0) is 25.8. The number of amidine groups is 1. The Morgan fingerprint density at radius 3 is 2.37 bits per heavy atom. The number of rotatable bonds is 8. The van der Waals surface area contributed by atoms with Crippen LogP contribution in [0.15, 0.2) is 56.8 Å². The first-order valence-corrected chi connectivity index (χ1v) is 11.4. The minimum absolute atomic E-state index is 0.0568. The Balaban J connectivity index is 2.02. The average molecular weight is 552 g/mol. The smallest absolute Gasteiger partial charge is 0.389 e. The van der Waals surface area contributed by atoms with E-state index in [-0.39, 0.29) is 24.4 Å². The van der Waals surface area contributed by atoms with Crippen molar-refractivity contribution in [2.45, 2.75) is 32.9 Å². The van der Waals surface area contributed by atoms with Gasteiger partial charge in [0.05, 0.1) is 22.3 Å². The number of nitrogens with two attached hydrogens (primary N) is 2. The number of nitrogens with zero attached hydrogens (tertiary/aromatic N) is 1. The molecule has 0 saturated heterocycles. The molecule has 0 saturated carbocycles. The quantitative estimate of drug-likeness (QED) is 0.104. The van der Waals surface area contributed by atoms with E-state index >= 15 is 0 Å². The van der Waals surface area contributed by atoms with Crippen LogP contribution in [-0.2, 0) is 0 Å².